The molecule has 4 aromatic rings. The summed E-state index contributed by atoms with van der Waals surface area (Å²) in [5.74, 6) is -1.79. The van der Waals surface area contributed by atoms with Gasteiger partial charge >= 0.3 is 5.76 Å². The largest absolute Gasteiger partial charge is 0.419 e. The van der Waals surface area contributed by atoms with Gasteiger partial charge in [-0.25, -0.2) is 14.2 Å². The number of carbonyl (C=O) groups excluding carboxylic acids is 2. The van der Waals surface area contributed by atoms with Crippen LogP contribution < -0.4 is 16.4 Å². The Balaban J connectivity index is 1.42. The van der Waals surface area contributed by atoms with Crippen LogP contribution in [0.4, 0.5) is 15.2 Å². The van der Waals surface area contributed by atoms with E-state index < -0.39 is 11.6 Å². The van der Waals surface area contributed by atoms with Crippen LogP contribution in [0.2, 0.25) is 5.02 Å². The summed E-state index contributed by atoms with van der Waals surface area (Å²) in [6.07, 6.45) is 0.00581. The van der Waals surface area contributed by atoms with Gasteiger partial charge in [0.2, 0.25) is 11.8 Å². The number of aromatic nitrogens is 2. The molecule has 0 bridgehead atoms. The molecule has 0 unspecified atom stereocenters. The Kier molecular flexibility index (Phi) is 6.06. The first kappa shape index (κ1) is 21.7. The van der Waals surface area contributed by atoms with Crippen molar-refractivity contribution in [2.45, 2.75) is 19.9 Å². The number of benzene rings is 2. The summed E-state index contributed by atoms with van der Waals surface area (Å²) in [6, 6.07) is 9.09. The van der Waals surface area contributed by atoms with Gasteiger partial charge in [0.15, 0.2) is 10.7 Å². The molecule has 2 heterocycles. The molecule has 0 saturated carbocycles. The molecule has 2 amide bonds. The second kappa shape index (κ2) is 8.93. The summed E-state index contributed by atoms with van der Waals surface area (Å²) < 4.78 is 20.9. The van der Waals surface area contributed by atoms with Crippen LogP contribution in [-0.2, 0) is 16.1 Å². The second-order valence-electron chi connectivity index (χ2n) is 6.84. The highest BCUT2D eigenvalue weighted by molar-refractivity contribution is 7.14. The van der Waals surface area contributed by atoms with Crippen LogP contribution in [0.5, 0.6) is 0 Å². The van der Waals surface area contributed by atoms with Crippen LogP contribution in [0.15, 0.2) is 51.0 Å². The summed E-state index contributed by atoms with van der Waals surface area (Å²) in [5, 5.41) is 7.51. The van der Waals surface area contributed by atoms with E-state index in [9.17, 15) is 18.8 Å². The van der Waals surface area contributed by atoms with E-state index in [1.807, 2.05) is 0 Å². The Bertz CT molecular complexity index is 1390. The summed E-state index contributed by atoms with van der Waals surface area (Å²) in [5.41, 5.74) is 1.82. The Morgan fingerprint density at radius 1 is 1.22 bits per heavy atom. The van der Waals surface area contributed by atoms with Crippen LogP contribution in [0.1, 0.15) is 13.3 Å². The zero-order valence-electron chi connectivity index (χ0n) is 16.6. The highest BCUT2D eigenvalue weighted by atomic mass is 35.5. The molecule has 4 rings (SSSR count). The Morgan fingerprint density at radius 3 is 2.78 bits per heavy atom. The van der Waals surface area contributed by atoms with Crippen molar-refractivity contribution >= 4 is 56.7 Å². The number of aryl methyl sites for hydroxylation is 1. The molecule has 0 radical (unpaired) electrons. The van der Waals surface area contributed by atoms with E-state index in [-0.39, 0.29) is 30.3 Å². The Morgan fingerprint density at radius 2 is 2.03 bits per heavy atom. The molecule has 0 aliphatic carbocycles. The molecule has 0 aliphatic rings. The molecule has 0 fully saturated rings. The smallest absolute Gasteiger partial charge is 0.408 e. The second-order valence-corrected chi connectivity index (χ2v) is 8.14. The number of nitrogens with one attached hydrogen (secondary N) is 2. The Labute approximate surface area is 189 Å². The summed E-state index contributed by atoms with van der Waals surface area (Å²) in [7, 11) is 0. The van der Waals surface area contributed by atoms with Gasteiger partial charge in [-0.3, -0.25) is 14.2 Å². The van der Waals surface area contributed by atoms with Crippen molar-refractivity contribution in [1.29, 1.82) is 0 Å². The van der Waals surface area contributed by atoms with Crippen molar-refractivity contribution in [3.05, 3.63) is 63.2 Å². The molecule has 164 valence electrons. The minimum absolute atomic E-state index is 0.00581. The minimum atomic E-state index is -0.579. The first-order chi connectivity index (χ1) is 15.3. The zero-order valence-corrected chi connectivity index (χ0v) is 18.2. The number of fused-ring (bicyclic) bond motifs is 1. The van der Waals surface area contributed by atoms with Crippen LogP contribution in [0.3, 0.4) is 0 Å². The number of amides is 2. The molecular formula is C21H16ClFN4O4S. The first-order valence-electron chi connectivity index (χ1n) is 9.42. The van der Waals surface area contributed by atoms with Gasteiger partial charge in [-0.05, 0) is 30.3 Å². The quantitative estimate of drug-likeness (QED) is 0.428. The lowest BCUT2D eigenvalue weighted by Gasteiger charge is -2.05. The maximum absolute atomic E-state index is 14.4. The number of carbonyl (C=O) groups is 2. The fraction of sp³-hybridized carbons (Fsp3) is 0.143. The molecule has 2 aromatic carbocycles. The molecule has 11 heteroatoms. The van der Waals surface area contributed by atoms with Crippen LogP contribution in [0, 0.1) is 5.82 Å². The van der Waals surface area contributed by atoms with Crippen molar-refractivity contribution in [1.82, 2.24) is 9.55 Å². The number of anilines is 2. The maximum Gasteiger partial charge on any atom is 0.419 e. The number of thiazole rings is 1. The van der Waals surface area contributed by atoms with Crippen molar-refractivity contribution in [2.24, 2.45) is 0 Å². The van der Waals surface area contributed by atoms with Gasteiger partial charge in [-0.15, -0.1) is 11.3 Å². The van der Waals surface area contributed by atoms with Gasteiger partial charge < -0.3 is 15.1 Å². The van der Waals surface area contributed by atoms with E-state index in [1.165, 1.54) is 29.7 Å². The summed E-state index contributed by atoms with van der Waals surface area (Å²) in [4.78, 5) is 39.7. The highest BCUT2D eigenvalue weighted by Crippen LogP contribution is 2.29. The molecule has 8 nitrogen and oxygen atoms in total. The molecule has 0 aliphatic heterocycles. The lowest BCUT2D eigenvalue weighted by Crippen LogP contribution is -2.19. The van der Waals surface area contributed by atoms with E-state index in [2.05, 4.69) is 15.6 Å². The average Bonchev–Trinajstić information content (AvgIpc) is 3.29. The molecule has 32 heavy (non-hydrogen) atoms. The number of rotatable bonds is 6. The van der Waals surface area contributed by atoms with E-state index in [0.29, 0.717) is 32.6 Å². The van der Waals surface area contributed by atoms with Gasteiger partial charge in [-0.1, -0.05) is 11.6 Å². The van der Waals surface area contributed by atoms with E-state index in [0.717, 1.165) is 11.3 Å². The average molecular weight is 475 g/mol. The van der Waals surface area contributed by atoms with Gasteiger partial charge in [0.05, 0.1) is 11.2 Å². The van der Waals surface area contributed by atoms with Gasteiger partial charge in [0.25, 0.3) is 0 Å². The van der Waals surface area contributed by atoms with E-state index in [4.69, 9.17) is 16.0 Å². The predicted molar refractivity (Wildman–Crippen MR) is 121 cm³/mol. The number of nitrogens with zero attached hydrogens (tertiary/aromatic N) is 2. The third kappa shape index (κ3) is 4.71. The number of hydrogen-bond donors (Lipinski definition) is 2. The fourth-order valence-corrected chi connectivity index (χ4v) is 3.99. The van der Waals surface area contributed by atoms with Crippen LogP contribution in [-0.4, -0.2) is 21.4 Å². The van der Waals surface area contributed by atoms with Gasteiger partial charge in [0.1, 0.15) is 5.82 Å². The lowest BCUT2D eigenvalue weighted by atomic mass is 10.1. The molecule has 0 spiro atoms. The molecular weight excluding hydrogens is 459 g/mol. The standard InChI is InChI=1S/C21H16ClFN4O4S/c1-11(28)24-13-3-4-14(15(23)9-13)16-10-32-20(25-16)26-19(29)6-7-27-17-5-2-12(22)8-18(17)31-21(27)30/h2-5,8-10H,6-7H2,1H3,(H,24,28)(H,25,26,29). The predicted octanol–water partition coefficient (Wildman–Crippen LogP) is 4.50. The molecule has 2 aromatic heterocycles. The third-order valence-corrected chi connectivity index (χ3v) is 5.50. The normalized spacial score (nSPS) is 11.0. The SMILES string of the molecule is CC(=O)Nc1ccc(-c2csc(NC(=O)CCn3c(=O)oc4cc(Cl)ccc43)n2)c(F)c1. The lowest BCUT2D eigenvalue weighted by molar-refractivity contribution is -0.116. The van der Waals surface area contributed by atoms with Crippen molar-refractivity contribution in [2.75, 3.05) is 10.6 Å². The maximum atomic E-state index is 14.4. The third-order valence-electron chi connectivity index (χ3n) is 4.51. The zero-order chi connectivity index (χ0) is 22.8. The number of oxazole rings is 1. The van der Waals surface area contributed by atoms with Crippen LogP contribution >= 0.6 is 22.9 Å². The topological polar surface area (TPSA) is 106 Å². The number of hydrogen-bond acceptors (Lipinski definition) is 6. The molecule has 2 N–H and O–H groups in total. The van der Waals surface area contributed by atoms with Crippen molar-refractivity contribution < 1.29 is 18.4 Å². The van der Waals surface area contributed by atoms with Crippen LogP contribution in [0.25, 0.3) is 22.4 Å². The van der Waals surface area contributed by atoms with Gasteiger partial charge in [0, 0.05) is 47.6 Å². The summed E-state index contributed by atoms with van der Waals surface area (Å²) in [6.45, 7) is 1.44. The molecule has 0 saturated heterocycles. The van der Waals surface area contributed by atoms with Gasteiger partial charge in [-0.2, -0.15) is 0 Å². The first-order valence-corrected chi connectivity index (χ1v) is 10.7. The van der Waals surface area contributed by atoms with E-state index in [1.54, 1.807) is 23.6 Å². The van der Waals surface area contributed by atoms with E-state index >= 15 is 0 Å². The van der Waals surface area contributed by atoms with Crippen molar-refractivity contribution in [3.63, 3.8) is 0 Å². The van der Waals surface area contributed by atoms with Crippen molar-refractivity contribution in [3.8, 4) is 11.3 Å². The number of halogens is 2. The molecule has 0 atom stereocenters. The fourth-order valence-electron chi connectivity index (χ4n) is 3.11. The highest BCUT2D eigenvalue weighted by Gasteiger charge is 2.14. The Hall–Kier alpha value is -3.50. The minimum Gasteiger partial charge on any atom is -0.408 e. The monoisotopic (exact) mass is 474 g/mol. The summed E-state index contributed by atoms with van der Waals surface area (Å²) >= 11 is 7.05.